The van der Waals surface area contributed by atoms with Gasteiger partial charge < -0.3 is 9.84 Å². The molecule has 0 amide bonds. The molecule has 1 fully saturated rings. The minimum absolute atomic E-state index is 0.0192. The Kier molecular flexibility index (Phi) is 4.57. The van der Waals surface area contributed by atoms with Crippen molar-refractivity contribution in [2.45, 2.75) is 10.9 Å². The number of nitrogens with zero attached hydrogens (tertiary/aromatic N) is 1. The summed E-state index contributed by atoms with van der Waals surface area (Å²) in [6.07, 6.45) is 0. The molecule has 1 atom stereocenters. The van der Waals surface area contributed by atoms with Crippen molar-refractivity contribution in [3.8, 4) is 0 Å². The molecule has 2 rings (SSSR count). The first-order valence-corrected chi connectivity index (χ1v) is 7.85. The second kappa shape index (κ2) is 5.84. The second-order valence-corrected chi connectivity index (χ2v) is 6.82. The van der Waals surface area contributed by atoms with Crippen molar-refractivity contribution in [2.24, 2.45) is 0 Å². The monoisotopic (exact) mass is 353 g/mol. The van der Waals surface area contributed by atoms with E-state index in [9.17, 15) is 17.9 Å². The molecule has 0 aromatic heterocycles. The first kappa shape index (κ1) is 14.9. The molecule has 1 heterocycles. The summed E-state index contributed by atoms with van der Waals surface area (Å²) in [6.45, 7) is 0.262. The first-order chi connectivity index (χ1) is 8.96. The van der Waals surface area contributed by atoms with Crippen LogP contribution in [-0.4, -0.2) is 50.2 Å². The molecule has 19 heavy (non-hydrogen) atoms. The fourth-order valence-electron chi connectivity index (χ4n) is 1.91. The van der Waals surface area contributed by atoms with Crippen LogP contribution in [0.2, 0.25) is 0 Å². The normalized spacial score (nSPS) is 21.5. The molecule has 0 radical (unpaired) electrons. The van der Waals surface area contributed by atoms with Crippen molar-refractivity contribution in [3.63, 3.8) is 0 Å². The molecule has 1 saturated heterocycles. The summed E-state index contributed by atoms with van der Waals surface area (Å²) in [5.41, 5.74) is 0. The van der Waals surface area contributed by atoms with Crippen LogP contribution in [0.5, 0.6) is 0 Å². The number of aliphatic hydroxyl groups is 1. The van der Waals surface area contributed by atoms with Crippen molar-refractivity contribution in [1.29, 1.82) is 0 Å². The number of morpholine rings is 1. The largest absolute Gasteiger partial charge is 0.395 e. The van der Waals surface area contributed by atoms with E-state index in [1.165, 1.54) is 10.4 Å². The van der Waals surface area contributed by atoms with Gasteiger partial charge >= 0.3 is 0 Å². The summed E-state index contributed by atoms with van der Waals surface area (Å²) in [5, 5.41) is 9.23. The van der Waals surface area contributed by atoms with Crippen molar-refractivity contribution < 1.29 is 22.7 Å². The Labute approximate surface area is 119 Å². The number of rotatable bonds is 3. The highest BCUT2D eigenvalue weighted by Gasteiger charge is 2.34. The number of benzene rings is 1. The van der Waals surface area contributed by atoms with Gasteiger partial charge in [-0.05, 0) is 34.1 Å². The molecule has 5 nitrogen and oxygen atoms in total. The highest BCUT2D eigenvalue weighted by Crippen LogP contribution is 2.27. The van der Waals surface area contributed by atoms with Gasteiger partial charge in [0.25, 0.3) is 0 Å². The topological polar surface area (TPSA) is 66.8 Å². The lowest BCUT2D eigenvalue weighted by molar-refractivity contribution is 0.0109. The van der Waals surface area contributed by atoms with E-state index in [0.29, 0.717) is 0 Å². The average molecular weight is 354 g/mol. The minimum Gasteiger partial charge on any atom is -0.395 e. The van der Waals surface area contributed by atoms with Crippen LogP contribution < -0.4 is 0 Å². The van der Waals surface area contributed by atoms with E-state index >= 15 is 0 Å². The molecule has 106 valence electrons. The summed E-state index contributed by atoms with van der Waals surface area (Å²) >= 11 is 3.05. The molecule has 0 aliphatic carbocycles. The number of halogens is 2. The van der Waals surface area contributed by atoms with Gasteiger partial charge in [-0.25, -0.2) is 12.8 Å². The standard InChI is InChI=1S/C11H13BrFNO4S/c12-10-5-8(13)1-2-11(10)19(16,17)14-3-4-18-7-9(14)6-15/h1-2,5,9,15H,3-4,6-7H2. The SMILES string of the molecule is O=S(=O)(c1ccc(F)cc1Br)N1CCOCC1CO. The zero-order valence-electron chi connectivity index (χ0n) is 9.92. The first-order valence-electron chi connectivity index (χ1n) is 5.62. The number of hydrogen-bond acceptors (Lipinski definition) is 4. The van der Waals surface area contributed by atoms with E-state index in [2.05, 4.69) is 15.9 Å². The Balaban J connectivity index is 2.40. The molecule has 0 saturated carbocycles. The van der Waals surface area contributed by atoms with E-state index < -0.39 is 21.9 Å². The third-order valence-corrected chi connectivity index (χ3v) is 5.79. The van der Waals surface area contributed by atoms with Crippen molar-refractivity contribution in [2.75, 3.05) is 26.4 Å². The van der Waals surface area contributed by atoms with Crippen molar-refractivity contribution >= 4 is 26.0 Å². The molecule has 8 heteroatoms. The van der Waals surface area contributed by atoms with Gasteiger partial charge in [0.2, 0.25) is 10.0 Å². The average Bonchev–Trinajstić information content (AvgIpc) is 2.38. The van der Waals surface area contributed by atoms with E-state index in [-0.39, 0.29) is 35.7 Å². The molecule has 1 aliphatic rings. The summed E-state index contributed by atoms with van der Waals surface area (Å²) in [4.78, 5) is -0.0192. The van der Waals surface area contributed by atoms with Crippen LogP contribution in [0.4, 0.5) is 4.39 Å². The number of hydrogen-bond donors (Lipinski definition) is 1. The van der Waals surface area contributed by atoms with Gasteiger partial charge in [0.15, 0.2) is 0 Å². The van der Waals surface area contributed by atoms with E-state index in [1.807, 2.05) is 0 Å². The summed E-state index contributed by atoms with van der Waals surface area (Å²) in [5.74, 6) is -0.522. The van der Waals surface area contributed by atoms with Crippen LogP contribution in [0, 0.1) is 5.82 Å². The molecule has 1 aliphatic heterocycles. The fraction of sp³-hybridized carbons (Fsp3) is 0.455. The number of aliphatic hydroxyl groups excluding tert-OH is 1. The van der Waals surface area contributed by atoms with E-state index in [1.54, 1.807) is 0 Å². The second-order valence-electron chi connectivity index (χ2n) is 4.10. The lowest BCUT2D eigenvalue weighted by Gasteiger charge is -2.33. The van der Waals surface area contributed by atoms with Gasteiger partial charge in [-0.1, -0.05) is 0 Å². The molecule has 1 aromatic carbocycles. The Bertz CT molecular complexity index is 566. The maximum Gasteiger partial charge on any atom is 0.244 e. The van der Waals surface area contributed by atoms with Crippen LogP contribution in [0.25, 0.3) is 0 Å². The fourth-order valence-corrected chi connectivity index (χ4v) is 4.51. The Morgan fingerprint density at radius 2 is 2.26 bits per heavy atom. The molecular formula is C11H13BrFNO4S. The number of sulfonamides is 1. The third kappa shape index (κ3) is 2.97. The Morgan fingerprint density at radius 1 is 1.53 bits per heavy atom. The van der Waals surface area contributed by atoms with Gasteiger partial charge in [-0.15, -0.1) is 0 Å². The maximum absolute atomic E-state index is 13.0. The quantitative estimate of drug-likeness (QED) is 0.879. The molecule has 1 aromatic rings. The van der Waals surface area contributed by atoms with Crippen molar-refractivity contribution in [3.05, 3.63) is 28.5 Å². The third-order valence-electron chi connectivity index (χ3n) is 2.86. The summed E-state index contributed by atoms with van der Waals surface area (Å²) in [7, 11) is -3.79. The highest BCUT2D eigenvalue weighted by atomic mass is 79.9. The van der Waals surface area contributed by atoms with Crippen LogP contribution in [0.3, 0.4) is 0 Å². The lowest BCUT2D eigenvalue weighted by atomic mass is 10.3. The Morgan fingerprint density at radius 3 is 2.89 bits per heavy atom. The van der Waals surface area contributed by atoms with Gasteiger partial charge in [-0.2, -0.15) is 4.31 Å². The van der Waals surface area contributed by atoms with Gasteiger partial charge in [0.05, 0.1) is 30.8 Å². The molecule has 0 spiro atoms. The van der Waals surface area contributed by atoms with E-state index in [0.717, 1.165) is 12.1 Å². The van der Waals surface area contributed by atoms with Crippen molar-refractivity contribution in [1.82, 2.24) is 4.31 Å². The number of ether oxygens (including phenoxy) is 1. The van der Waals surface area contributed by atoms with Crippen LogP contribution in [-0.2, 0) is 14.8 Å². The summed E-state index contributed by atoms with van der Waals surface area (Å²) in [6, 6.07) is 2.78. The van der Waals surface area contributed by atoms with Crippen LogP contribution in [0.15, 0.2) is 27.6 Å². The summed E-state index contributed by atoms with van der Waals surface area (Å²) < 4.78 is 44.5. The molecular weight excluding hydrogens is 341 g/mol. The lowest BCUT2D eigenvalue weighted by Crippen LogP contribution is -2.50. The zero-order valence-corrected chi connectivity index (χ0v) is 12.3. The maximum atomic E-state index is 13.0. The molecule has 0 bridgehead atoms. The van der Waals surface area contributed by atoms with Crippen LogP contribution >= 0.6 is 15.9 Å². The van der Waals surface area contributed by atoms with Gasteiger partial charge in [0, 0.05) is 11.0 Å². The van der Waals surface area contributed by atoms with Gasteiger partial charge in [-0.3, -0.25) is 0 Å². The predicted molar refractivity (Wildman–Crippen MR) is 69.7 cm³/mol. The van der Waals surface area contributed by atoms with E-state index in [4.69, 9.17) is 4.74 Å². The predicted octanol–water partition coefficient (Wildman–Crippen LogP) is 0.970. The molecule has 1 N–H and O–H groups in total. The minimum atomic E-state index is -3.79. The molecule has 1 unspecified atom stereocenters. The van der Waals surface area contributed by atoms with Crippen LogP contribution in [0.1, 0.15) is 0 Å². The zero-order chi connectivity index (χ0) is 14.0. The Hall–Kier alpha value is -0.540. The smallest absolute Gasteiger partial charge is 0.244 e. The van der Waals surface area contributed by atoms with Gasteiger partial charge in [0.1, 0.15) is 5.82 Å². The highest BCUT2D eigenvalue weighted by molar-refractivity contribution is 9.10.